The molecule has 0 saturated heterocycles. The molecule has 0 heterocycles. The van der Waals surface area contributed by atoms with Crippen LogP contribution in [-0.2, 0) is 4.79 Å². The molecule has 0 aliphatic heterocycles. The Bertz CT molecular complexity index is 837. The Morgan fingerprint density at radius 1 is 1.20 bits per heavy atom. The summed E-state index contributed by atoms with van der Waals surface area (Å²) in [5.41, 5.74) is 0.205. The molecule has 0 unspecified atom stereocenters. The Morgan fingerprint density at radius 3 is 2.44 bits per heavy atom. The van der Waals surface area contributed by atoms with E-state index in [1.54, 1.807) is 30.3 Å². The Hall–Kier alpha value is -3.20. The number of ether oxygens (including phenoxy) is 1. The fraction of sp³-hybridized carbons (Fsp3) is 0.158. The quantitative estimate of drug-likeness (QED) is 0.651. The molecule has 128 valence electrons. The normalized spacial score (nSPS) is 11.1. The van der Waals surface area contributed by atoms with Crippen molar-refractivity contribution in [3.05, 3.63) is 65.2 Å². The number of anilines is 1. The summed E-state index contributed by atoms with van der Waals surface area (Å²) in [5, 5.41) is 11.4. The Balaban J connectivity index is 2.16. The molecule has 4 nitrogen and oxygen atoms in total. The largest absolute Gasteiger partial charge is 0.491 e. The molecule has 0 aliphatic carbocycles. The van der Waals surface area contributed by atoms with E-state index in [1.807, 2.05) is 13.8 Å². The lowest BCUT2D eigenvalue weighted by Crippen LogP contribution is -2.14. The van der Waals surface area contributed by atoms with Gasteiger partial charge in [-0.15, -0.1) is 0 Å². The van der Waals surface area contributed by atoms with E-state index in [-0.39, 0.29) is 17.4 Å². The van der Waals surface area contributed by atoms with Crippen LogP contribution >= 0.6 is 0 Å². The van der Waals surface area contributed by atoms with Crippen LogP contribution in [0.3, 0.4) is 0 Å². The molecule has 0 spiro atoms. The second-order valence-corrected chi connectivity index (χ2v) is 5.48. The maximum Gasteiger partial charge on any atom is 0.266 e. The molecule has 0 bridgehead atoms. The molecule has 0 aromatic heterocycles. The molecule has 0 aliphatic rings. The van der Waals surface area contributed by atoms with Crippen molar-refractivity contribution in [1.82, 2.24) is 0 Å². The summed E-state index contributed by atoms with van der Waals surface area (Å²) in [6, 6.07) is 11.4. The summed E-state index contributed by atoms with van der Waals surface area (Å²) < 4.78 is 32.0. The predicted octanol–water partition coefficient (Wildman–Crippen LogP) is 4.30. The Morgan fingerprint density at radius 2 is 1.88 bits per heavy atom. The van der Waals surface area contributed by atoms with Gasteiger partial charge in [-0.1, -0.05) is 12.1 Å². The minimum atomic E-state index is -0.916. The van der Waals surface area contributed by atoms with Gasteiger partial charge in [0.2, 0.25) is 0 Å². The highest BCUT2D eigenvalue weighted by atomic mass is 19.1. The van der Waals surface area contributed by atoms with Crippen LogP contribution in [0.15, 0.2) is 48.0 Å². The zero-order valence-corrected chi connectivity index (χ0v) is 13.7. The van der Waals surface area contributed by atoms with Gasteiger partial charge in [-0.25, -0.2) is 8.78 Å². The van der Waals surface area contributed by atoms with Gasteiger partial charge in [0.1, 0.15) is 29.0 Å². The van der Waals surface area contributed by atoms with Gasteiger partial charge in [0, 0.05) is 6.07 Å². The molecule has 0 saturated carbocycles. The van der Waals surface area contributed by atoms with Crippen molar-refractivity contribution in [2.75, 3.05) is 5.32 Å². The number of benzene rings is 2. The van der Waals surface area contributed by atoms with Crippen LogP contribution in [0.2, 0.25) is 0 Å². The third-order valence-corrected chi connectivity index (χ3v) is 3.11. The fourth-order valence-corrected chi connectivity index (χ4v) is 2.01. The van der Waals surface area contributed by atoms with E-state index in [0.717, 1.165) is 12.1 Å². The molecule has 25 heavy (non-hydrogen) atoms. The van der Waals surface area contributed by atoms with Gasteiger partial charge in [0.15, 0.2) is 0 Å². The van der Waals surface area contributed by atoms with Crippen LogP contribution in [0.25, 0.3) is 6.08 Å². The summed E-state index contributed by atoms with van der Waals surface area (Å²) in [7, 11) is 0. The summed E-state index contributed by atoms with van der Waals surface area (Å²) >= 11 is 0. The molecule has 2 aromatic carbocycles. The second kappa shape index (κ2) is 8.06. The maximum atomic E-state index is 13.6. The number of rotatable bonds is 5. The highest BCUT2D eigenvalue weighted by Gasteiger charge is 2.12. The van der Waals surface area contributed by atoms with Gasteiger partial charge in [0.25, 0.3) is 5.91 Å². The lowest BCUT2D eigenvalue weighted by molar-refractivity contribution is -0.112. The van der Waals surface area contributed by atoms with Crippen molar-refractivity contribution in [3.8, 4) is 11.8 Å². The highest BCUT2D eigenvalue weighted by molar-refractivity contribution is 6.09. The maximum absolute atomic E-state index is 13.6. The number of amides is 1. The molecule has 0 atom stereocenters. The first-order valence-corrected chi connectivity index (χ1v) is 7.54. The van der Waals surface area contributed by atoms with Gasteiger partial charge >= 0.3 is 0 Å². The van der Waals surface area contributed by atoms with E-state index in [0.29, 0.717) is 17.4 Å². The lowest BCUT2D eigenvalue weighted by atomic mass is 10.1. The van der Waals surface area contributed by atoms with Crippen molar-refractivity contribution in [2.24, 2.45) is 0 Å². The minimum Gasteiger partial charge on any atom is -0.491 e. The molecule has 1 amide bonds. The number of carbonyl (C=O) groups is 1. The number of nitrogens with zero attached hydrogens (tertiary/aromatic N) is 1. The molecular formula is C19H16F2N2O2. The summed E-state index contributed by atoms with van der Waals surface area (Å²) in [6.07, 6.45) is 1.41. The topological polar surface area (TPSA) is 62.1 Å². The average Bonchev–Trinajstić information content (AvgIpc) is 2.56. The van der Waals surface area contributed by atoms with Gasteiger partial charge < -0.3 is 10.1 Å². The summed E-state index contributed by atoms with van der Waals surface area (Å²) in [6.45, 7) is 3.81. The fourth-order valence-electron chi connectivity index (χ4n) is 2.01. The SMILES string of the molecule is CC(C)Oc1ccc(/C=C(\C#N)C(=O)Nc2ccc(F)cc2F)cc1. The van der Waals surface area contributed by atoms with Crippen molar-refractivity contribution in [3.63, 3.8) is 0 Å². The molecule has 6 heteroatoms. The summed E-state index contributed by atoms with van der Waals surface area (Å²) in [4.78, 5) is 12.1. The van der Waals surface area contributed by atoms with E-state index in [2.05, 4.69) is 5.32 Å². The molecular weight excluding hydrogens is 326 g/mol. The first-order chi connectivity index (χ1) is 11.9. The Labute approximate surface area is 144 Å². The van der Waals surface area contributed by atoms with E-state index >= 15 is 0 Å². The van der Waals surface area contributed by atoms with E-state index in [1.165, 1.54) is 6.08 Å². The standard InChI is InChI=1S/C19H16F2N2O2/c1-12(2)25-16-6-3-13(4-7-16)9-14(11-22)19(24)23-18-8-5-15(20)10-17(18)21/h3-10,12H,1-2H3,(H,23,24)/b14-9+. The van der Waals surface area contributed by atoms with Crippen molar-refractivity contribution in [1.29, 1.82) is 5.26 Å². The lowest BCUT2D eigenvalue weighted by Gasteiger charge is -2.09. The number of hydrogen-bond acceptors (Lipinski definition) is 3. The van der Waals surface area contributed by atoms with Crippen LogP contribution in [0.4, 0.5) is 14.5 Å². The number of carbonyl (C=O) groups excluding carboxylic acids is 1. The number of hydrogen-bond donors (Lipinski definition) is 1. The smallest absolute Gasteiger partial charge is 0.266 e. The molecule has 1 N–H and O–H groups in total. The first kappa shape index (κ1) is 18.1. The average molecular weight is 342 g/mol. The van der Waals surface area contributed by atoms with Crippen molar-refractivity contribution < 1.29 is 18.3 Å². The second-order valence-electron chi connectivity index (χ2n) is 5.48. The van der Waals surface area contributed by atoms with Crippen molar-refractivity contribution in [2.45, 2.75) is 20.0 Å². The summed E-state index contributed by atoms with van der Waals surface area (Å²) in [5.74, 6) is -1.78. The number of halogens is 2. The highest BCUT2D eigenvalue weighted by Crippen LogP contribution is 2.18. The van der Waals surface area contributed by atoms with E-state index < -0.39 is 17.5 Å². The molecule has 2 rings (SSSR count). The number of nitrogens with one attached hydrogen (secondary N) is 1. The minimum absolute atomic E-state index is 0.0347. The molecule has 0 radical (unpaired) electrons. The number of nitriles is 1. The monoisotopic (exact) mass is 342 g/mol. The van der Waals surface area contributed by atoms with Crippen LogP contribution in [0, 0.1) is 23.0 Å². The van der Waals surface area contributed by atoms with Gasteiger partial charge in [-0.3, -0.25) is 4.79 Å². The van der Waals surface area contributed by atoms with Gasteiger partial charge in [-0.2, -0.15) is 5.26 Å². The predicted molar refractivity (Wildman–Crippen MR) is 90.8 cm³/mol. The van der Waals surface area contributed by atoms with Crippen LogP contribution in [-0.4, -0.2) is 12.0 Å². The Kier molecular flexibility index (Phi) is 5.85. The third kappa shape index (κ3) is 5.15. The zero-order chi connectivity index (χ0) is 18.4. The third-order valence-electron chi connectivity index (χ3n) is 3.11. The van der Waals surface area contributed by atoms with Crippen LogP contribution in [0.5, 0.6) is 5.75 Å². The molecule has 0 fully saturated rings. The zero-order valence-electron chi connectivity index (χ0n) is 13.7. The van der Waals surface area contributed by atoms with Crippen LogP contribution < -0.4 is 10.1 Å². The van der Waals surface area contributed by atoms with E-state index in [4.69, 9.17) is 10.00 Å². The first-order valence-electron chi connectivity index (χ1n) is 7.54. The van der Waals surface area contributed by atoms with Gasteiger partial charge in [0.05, 0.1) is 11.8 Å². The van der Waals surface area contributed by atoms with Crippen molar-refractivity contribution >= 4 is 17.7 Å². The molecule has 2 aromatic rings. The van der Waals surface area contributed by atoms with E-state index in [9.17, 15) is 13.6 Å². The van der Waals surface area contributed by atoms with Gasteiger partial charge in [-0.05, 0) is 49.8 Å². The van der Waals surface area contributed by atoms with Crippen LogP contribution in [0.1, 0.15) is 19.4 Å².